The van der Waals surface area contributed by atoms with Crippen molar-refractivity contribution >= 4 is 12.1 Å². The number of rotatable bonds is 6. The highest BCUT2D eigenvalue weighted by atomic mass is 16.5. The van der Waals surface area contributed by atoms with Crippen LogP contribution in [0.25, 0.3) is 11.1 Å². The fourth-order valence-electron chi connectivity index (χ4n) is 4.53. The van der Waals surface area contributed by atoms with Gasteiger partial charge in [0.15, 0.2) is 0 Å². The molecule has 29 heavy (non-hydrogen) atoms. The Balaban J connectivity index is 1.41. The summed E-state index contributed by atoms with van der Waals surface area (Å²) >= 11 is 0. The summed E-state index contributed by atoms with van der Waals surface area (Å²) in [5.41, 5.74) is 4.49. The Kier molecular flexibility index (Phi) is 5.46. The van der Waals surface area contributed by atoms with Crippen LogP contribution in [0.5, 0.6) is 0 Å². The van der Waals surface area contributed by atoms with E-state index in [4.69, 9.17) is 6.11 Å². The molecule has 2 aromatic carbocycles. The second-order valence-corrected chi connectivity index (χ2v) is 7.88. The standard InChI is InChI=1S/C24H27NO4/c26-23(27)22(14-16-8-2-1-3-9-16)25-24(28)29-15-21-19-12-6-4-10-17(19)18-11-5-7-13-20(18)21/h4-7,10-13,16,21-22H,1-3,8-9,14-15H2,(H,25,28)(H,26,27)/t22-/m0/s1/i16D. The van der Waals surface area contributed by atoms with Crippen molar-refractivity contribution < 1.29 is 20.8 Å². The molecular weight excluding hydrogens is 366 g/mol. The molecule has 1 amide bonds. The monoisotopic (exact) mass is 394 g/mol. The van der Waals surface area contributed by atoms with Gasteiger partial charge in [0.1, 0.15) is 12.6 Å². The zero-order chi connectivity index (χ0) is 21.1. The summed E-state index contributed by atoms with van der Waals surface area (Å²) in [6.45, 7) is 0.137. The Morgan fingerprint density at radius 3 is 2.21 bits per heavy atom. The smallest absolute Gasteiger partial charge is 0.407 e. The van der Waals surface area contributed by atoms with Crippen LogP contribution in [0.1, 0.15) is 56.9 Å². The third-order valence-corrected chi connectivity index (χ3v) is 5.99. The molecule has 2 aliphatic carbocycles. The van der Waals surface area contributed by atoms with Crippen LogP contribution in [0.2, 0.25) is 0 Å². The molecule has 0 bridgehead atoms. The highest BCUT2D eigenvalue weighted by molar-refractivity contribution is 5.81. The lowest BCUT2D eigenvalue weighted by atomic mass is 9.85. The predicted molar refractivity (Wildman–Crippen MR) is 111 cm³/mol. The summed E-state index contributed by atoms with van der Waals surface area (Å²) in [6, 6.07) is 15.0. The maximum atomic E-state index is 12.4. The SMILES string of the molecule is [2H]C1(C[C@H](NC(=O)OCC2c3ccccc3-c3ccccc32)C(=O)O)CCCCC1. The molecule has 2 aliphatic rings. The quantitative estimate of drug-likeness (QED) is 0.727. The van der Waals surface area contributed by atoms with Crippen LogP contribution in [0.3, 0.4) is 0 Å². The molecule has 2 aromatic rings. The summed E-state index contributed by atoms with van der Waals surface area (Å²) in [5, 5.41) is 12.0. The first kappa shape index (κ1) is 18.2. The maximum absolute atomic E-state index is 12.4. The van der Waals surface area contributed by atoms with E-state index in [2.05, 4.69) is 17.4 Å². The lowest BCUT2D eigenvalue weighted by Gasteiger charge is -2.25. The molecule has 5 heteroatoms. The number of hydrogen-bond acceptors (Lipinski definition) is 3. The number of carboxylic acid groups (broad SMARTS) is 1. The molecule has 5 nitrogen and oxygen atoms in total. The number of ether oxygens (including phenoxy) is 1. The van der Waals surface area contributed by atoms with Gasteiger partial charge in [0, 0.05) is 7.29 Å². The summed E-state index contributed by atoms with van der Waals surface area (Å²) < 4.78 is 14.0. The van der Waals surface area contributed by atoms with Crippen LogP contribution < -0.4 is 5.32 Å². The average Bonchev–Trinajstić information content (AvgIpc) is 3.06. The maximum Gasteiger partial charge on any atom is 0.407 e. The largest absolute Gasteiger partial charge is 0.480 e. The van der Waals surface area contributed by atoms with Crippen LogP contribution in [0, 0.1) is 5.89 Å². The molecule has 0 aromatic heterocycles. The van der Waals surface area contributed by atoms with Gasteiger partial charge in [0.05, 0.1) is 0 Å². The summed E-state index contributed by atoms with van der Waals surface area (Å²) in [7, 11) is 0. The minimum absolute atomic E-state index is 0.0766. The molecule has 1 fully saturated rings. The van der Waals surface area contributed by atoms with E-state index in [1.165, 1.54) is 0 Å². The highest BCUT2D eigenvalue weighted by Crippen LogP contribution is 2.44. The van der Waals surface area contributed by atoms with Crippen molar-refractivity contribution in [2.24, 2.45) is 5.89 Å². The van der Waals surface area contributed by atoms with E-state index in [1.54, 1.807) is 0 Å². The minimum atomic E-state index is -1.12. The fraction of sp³-hybridized carbons (Fsp3) is 0.417. The Hall–Kier alpha value is -2.82. The summed E-state index contributed by atoms with van der Waals surface area (Å²) in [6.07, 6.45) is 3.64. The van der Waals surface area contributed by atoms with Crippen LogP contribution in [0.4, 0.5) is 4.79 Å². The molecule has 152 valence electrons. The molecule has 0 saturated heterocycles. The number of alkyl carbamates (subject to hydrolysis) is 1. The number of aliphatic carboxylic acids is 1. The van der Waals surface area contributed by atoms with Gasteiger partial charge in [0.25, 0.3) is 0 Å². The first-order valence-corrected chi connectivity index (χ1v) is 10.3. The van der Waals surface area contributed by atoms with E-state index in [0.29, 0.717) is 12.8 Å². The van der Waals surface area contributed by atoms with Crippen molar-refractivity contribution in [2.45, 2.75) is 50.5 Å². The topological polar surface area (TPSA) is 75.6 Å². The zero-order valence-electron chi connectivity index (χ0n) is 17.4. The molecule has 0 aliphatic heterocycles. The van der Waals surface area contributed by atoms with E-state index >= 15 is 0 Å². The number of amides is 1. The number of carboxylic acids is 1. The van der Waals surface area contributed by atoms with Crippen molar-refractivity contribution in [3.63, 3.8) is 0 Å². The van der Waals surface area contributed by atoms with Crippen molar-refractivity contribution in [2.75, 3.05) is 6.61 Å². The third kappa shape index (κ3) is 4.29. The molecule has 0 spiro atoms. The molecule has 2 N–H and O–H groups in total. The molecule has 4 rings (SSSR count). The van der Waals surface area contributed by atoms with Crippen LogP contribution in [-0.2, 0) is 9.53 Å². The number of fused-ring (bicyclic) bond motifs is 3. The third-order valence-electron chi connectivity index (χ3n) is 5.99. The molecule has 1 atom stereocenters. The second-order valence-electron chi connectivity index (χ2n) is 7.88. The molecule has 1 saturated carbocycles. The predicted octanol–water partition coefficient (Wildman–Crippen LogP) is 4.95. The highest BCUT2D eigenvalue weighted by Gasteiger charge is 2.30. The van der Waals surface area contributed by atoms with E-state index < -0.39 is 24.0 Å². The van der Waals surface area contributed by atoms with Gasteiger partial charge in [-0.2, -0.15) is 0 Å². The minimum Gasteiger partial charge on any atom is -0.480 e. The molecule has 0 heterocycles. The zero-order valence-corrected chi connectivity index (χ0v) is 16.4. The van der Waals surface area contributed by atoms with Gasteiger partial charge in [-0.05, 0) is 34.6 Å². The van der Waals surface area contributed by atoms with Gasteiger partial charge in [0.2, 0.25) is 0 Å². The van der Waals surface area contributed by atoms with E-state index in [9.17, 15) is 14.7 Å². The van der Waals surface area contributed by atoms with Gasteiger partial charge < -0.3 is 15.2 Å². The lowest BCUT2D eigenvalue weighted by molar-refractivity contribution is -0.139. The van der Waals surface area contributed by atoms with Crippen molar-refractivity contribution in [3.05, 3.63) is 59.7 Å². The van der Waals surface area contributed by atoms with Gasteiger partial charge in [-0.1, -0.05) is 80.6 Å². The number of nitrogens with one attached hydrogen (secondary N) is 1. The van der Waals surface area contributed by atoms with Gasteiger partial charge in [-0.25, -0.2) is 9.59 Å². The van der Waals surface area contributed by atoms with E-state index in [1.807, 2.05) is 36.4 Å². The van der Waals surface area contributed by atoms with Crippen molar-refractivity contribution in [1.82, 2.24) is 5.32 Å². The van der Waals surface area contributed by atoms with Crippen LogP contribution in [-0.4, -0.2) is 29.8 Å². The van der Waals surface area contributed by atoms with Gasteiger partial charge >= 0.3 is 12.1 Å². The first-order valence-electron chi connectivity index (χ1n) is 10.8. The molecule has 0 radical (unpaired) electrons. The van der Waals surface area contributed by atoms with E-state index in [-0.39, 0.29) is 18.9 Å². The normalized spacial score (nSPS) is 18.8. The Morgan fingerprint density at radius 2 is 1.62 bits per heavy atom. The number of carbonyl (C=O) groups excluding carboxylic acids is 1. The fourth-order valence-corrected chi connectivity index (χ4v) is 4.53. The molecular formula is C24H27NO4. The summed E-state index contributed by atoms with van der Waals surface area (Å²) in [5.74, 6) is -1.99. The average molecular weight is 394 g/mol. The van der Waals surface area contributed by atoms with Gasteiger partial charge in [-0.3, -0.25) is 0 Å². The lowest BCUT2D eigenvalue weighted by Crippen LogP contribution is -2.42. The number of hydrogen-bond donors (Lipinski definition) is 2. The Morgan fingerprint density at radius 1 is 1.03 bits per heavy atom. The Bertz CT molecular complexity index is 893. The van der Waals surface area contributed by atoms with Crippen molar-refractivity contribution in [3.8, 4) is 11.1 Å². The van der Waals surface area contributed by atoms with Gasteiger partial charge in [-0.15, -0.1) is 0 Å². The summed E-state index contributed by atoms with van der Waals surface area (Å²) in [4.78, 5) is 24.1. The number of carbonyl (C=O) groups is 2. The second kappa shape index (κ2) is 8.68. The van der Waals surface area contributed by atoms with Crippen molar-refractivity contribution in [1.29, 1.82) is 0 Å². The van der Waals surface area contributed by atoms with Crippen LogP contribution in [0.15, 0.2) is 48.5 Å². The van der Waals surface area contributed by atoms with E-state index in [0.717, 1.165) is 41.5 Å². The van der Waals surface area contributed by atoms with Crippen LogP contribution >= 0.6 is 0 Å². The first-order chi connectivity index (χ1) is 14.5. The Labute approximate surface area is 172 Å². The molecule has 0 unspecified atom stereocenters. The number of benzene rings is 2.